The summed E-state index contributed by atoms with van der Waals surface area (Å²) in [6, 6.07) is 0.639. The van der Waals surface area contributed by atoms with E-state index in [9.17, 15) is 24.0 Å². The number of carbonyl (C=O) groups excluding carboxylic acids is 5. The van der Waals surface area contributed by atoms with Crippen LogP contribution < -0.4 is 37.2 Å². The average Bonchev–Trinajstić information content (AvgIpc) is 1.68. The van der Waals surface area contributed by atoms with Crippen LogP contribution in [0.2, 0.25) is 0 Å². The molecule has 0 bridgehead atoms. The van der Waals surface area contributed by atoms with E-state index in [1.807, 2.05) is 6.33 Å². The highest BCUT2D eigenvalue weighted by atomic mass is 35.5. The molecule has 38 nitrogen and oxygen atoms in total. The zero-order chi connectivity index (χ0) is 71.9. The normalized spacial score (nSPS) is 16.7. The first-order chi connectivity index (χ1) is 50.0. The van der Waals surface area contributed by atoms with E-state index in [0.29, 0.717) is 144 Å². The number of hydrogen-bond acceptors (Lipinski definition) is 33. The molecule has 0 atom stereocenters. The van der Waals surface area contributed by atoms with Crippen LogP contribution in [0.3, 0.4) is 0 Å². The van der Waals surface area contributed by atoms with Crippen LogP contribution in [0.1, 0.15) is 77.9 Å². The Kier molecular flexibility index (Phi) is 26.7. The molecule has 9 aromatic heterocycles. The van der Waals surface area contributed by atoms with Gasteiger partial charge in [0.25, 0.3) is 11.1 Å². The largest absolute Gasteiger partial charge is 0.456 e. The van der Waals surface area contributed by atoms with Gasteiger partial charge in [0.15, 0.2) is 30.2 Å². The number of nitrogen functional groups attached to an aromatic ring is 3. The summed E-state index contributed by atoms with van der Waals surface area (Å²) >= 11 is 4.81. The molecule has 15 heterocycles. The van der Waals surface area contributed by atoms with E-state index in [0.717, 1.165) is 104 Å². The number of fused-ring (bicyclic) bond motifs is 3. The number of ether oxygens (including phenoxy) is 5. The molecule has 40 heteroatoms. The van der Waals surface area contributed by atoms with Crippen molar-refractivity contribution in [3.63, 3.8) is 0 Å². The highest BCUT2D eigenvalue weighted by molar-refractivity contribution is 6.64. The first-order valence-corrected chi connectivity index (χ1v) is 34.2. The highest BCUT2D eigenvalue weighted by Gasteiger charge is 2.31. The topological polar surface area (TPSA) is 466 Å². The van der Waals surface area contributed by atoms with Crippen LogP contribution in [0.15, 0.2) is 56.2 Å². The number of hydrogen-bond donors (Lipinski definition) is 5. The molecule has 0 aliphatic carbocycles. The van der Waals surface area contributed by atoms with Crippen molar-refractivity contribution in [2.75, 3.05) is 170 Å². The lowest BCUT2D eigenvalue weighted by Crippen LogP contribution is -2.41. The Balaban J connectivity index is 0.000000159. The number of anilines is 6. The van der Waals surface area contributed by atoms with Gasteiger partial charge in [0.1, 0.15) is 40.2 Å². The van der Waals surface area contributed by atoms with Crippen LogP contribution in [0.5, 0.6) is 0 Å². The quantitative estimate of drug-likeness (QED) is 0.0770. The van der Waals surface area contributed by atoms with Crippen molar-refractivity contribution in [1.29, 1.82) is 0 Å². The van der Waals surface area contributed by atoms with Gasteiger partial charge in [-0.1, -0.05) is 7.43 Å². The standard InChI is InChI=1S/C22H27N9O4.C20H25N9O3.C18H23N9O.C4H5ClO3.CH4.ClH/c1-14(32)35-12-17(33)29-4-2-16(3-5-29)31-13-26-19-18(15-10-24-21(23)25-11-15)27-22(28-20(19)31)30-6-8-34-9-7-30;21-19-22-9-13(10-23-19)16-17-18(26-20(25-16)28-5-7-32-8-6-28)29(12-24-17)14-1-3-27(4-2-14)15(31)11-30;19-17-21-9-12(10-22-17)14-15-16(25-18(24-14)26-5-7-28-8-6-26)27(11-23-15)13-1-3-20-4-2-13;1-3(6)8-2-4(5)7;;/h10-11,13,16H,2-9,12H2,1H3,(H2,23,24,25);9-10,12,14,30H,1-8,11H2,(H2,21,22,23);9-11,13,20H,1-8H2,(H2,19,21,22);2H2,1H3;1H4;1H. The first kappa shape index (κ1) is 77.2. The number of nitrogens with two attached hydrogens (primary N) is 3. The number of amides is 2. The van der Waals surface area contributed by atoms with E-state index in [1.54, 1.807) is 59.6 Å². The van der Waals surface area contributed by atoms with Crippen LogP contribution in [-0.4, -0.2) is 270 Å². The Labute approximate surface area is 613 Å². The molecule has 0 unspecified atom stereocenters. The Morgan fingerprint density at radius 2 is 0.771 bits per heavy atom. The fourth-order valence-corrected chi connectivity index (χ4v) is 12.7. The maximum Gasteiger partial charge on any atom is 0.303 e. The van der Waals surface area contributed by atoms with Crippen molar-refractivity contribution in [2.24, 2.45) is 0 Å². The number of aromatic nitrogens is 18. The lowest BCUT2D eigenvalue weighted by molar-refractivity contribution is -0.150. The molecule has 8 N–H and O–H groups in total. The molecule has 560 valence electrons. The average molecular weight is 1490 g/mol. The fourth-order valence-electron chi connectivity index (χ4n) is 12.6. The number of piperidine rings is 3. The summed E-state index contributed by atoms with van der Waals surface area (Å²) in [5, 5.41) is 11.9. The Hall–Kier alpha value is -10.4. The number of carbonyl (C=O) groups is 5. The van der Waals surface area contributed by atoms with Gasteiger partial charge < -0.3 is 89.5 Å². The third kappa shape index (κ3) is 19.1. The van der Waals surface area contributed by atoms with E-state index in [-0.39, 0.29) is 74.8 Å². The number of nitrogens with zero attached hydrogens (tertiary/aromatic N) is 23. The summed E-state index contributed by atoms with van der Waals surface area (Å²) in [5.74, 6) is 1.15. The number of morpholine rings is 3. The SMILES string of the molecule is C.CC(=O)OCC(=O)Cl.CC(=O)OCC(=O)N1CCC(n2cnc3c(-c4cnc(N)nc4)nc(N4CCOCC4)nc32)CC1.Cl.Nc1ncc(-c2nc(N3CCOCC3)nc3c2ncn3C2CCN(C(=O)CO)CC2)cn1.Nc1ncc(-c2nc(N3CCOCC3)nc3c2ncn3C2CCNCC2)cn1. The van der Waals surface area contributed by atoms with Gasteiger partial charge in [-0.2, -0.15) is 15.0 Å². The third-order valence-corrected chi connectivity index (χ3v) is 18.1. The minimum absolute atomic E-state index is 0. The van der Waals surface area contributed by atoms with Gasteiger partial charge in [0.2, 0.25) is 41.6 Å². The number of likely N-dealkylation sites (tertiary alicyclic amines) is 2. The van der Waals surface area contributed by atoms with Crippen molar-refractivity contribution in [3.8, 4) is 33.8 Å². The van der Waals surface area contributed by atoms with E-state index in [4.69, 9.17) is 82.8 Å². The van der Waals surface area contributed by atoms with Crippen molar-refractivity contribution in [3.05, 3.63) is 56.2 Å². The van der Waals surface area contributed by atoms with E-state index in [1.165, 1.54) is 13.8 Å². The van der Waals surface area contributed by atoms with E-state index < -0.39 is 23.8 Å². The maximum atomic E-state index is 12.3. The van der Waals surface area contributed by atoms with Crippen molar-refractivity contribution >= 4 is 122 Å². The Morgan fingerprint density at radius 3 is 1.07 bits per heavy atom. The van der Waals surface area contributed by atoms with E-state index in [2.05, 4.69) is 83.3 Å². The third-order valence-electron chi connectivity index (χ3n) is 18.0. The number of imidazole rings is 3. The second-order valence-electron chi connectivity index (χ2n) is 24.7. The molecule has 2 amide bonds. The molecule has 9 aromatic rings. The van der Waals surface area contributed by atoms with Gasteiger partial charge in [-0.15, -0.1) is 12.4 Å². The molecule has 105 heavy (non-hydrogen) atoms. The van der Waals surface area contributed by atoms with Crippen LogP contribution in [0, 0.1) is 0 Å². The van der Waals surface area contributed by atoms with Gasteiger partial charge >= 0.3 is 11.9 Å². The molecule has 6 aliphatic heterocycles. The van der Waals surface area contributed by atoms with Crippen molar-refractivity contribution in [1.82, 2.24) is 104 Å². The van der Waals surface area contributed by atoms with Crippen LogP contribution >= 0.6 is 24.0 Å². The van der Waals surface area contributed by atoms with Gasteiger partial charge in [-0.05, 0) is 63.2 Å². The zero-order valence-corrected chi connectivity index (χ0v) is 58.9. The minimum Gasteiger partial charge on any atom is -0.456 e. The molecule has 6 aliphatic rings. The first-order valence-electron chi connectivity index (χ1n) is 33.8. The maximum absolute atomic E-state index is 12.3. The van der Waals surface area contributed by atoms with Crippen molar-refractivity contribution < 1.29 is 52.8 Å². The minimum atomic E-state index is -0.666. The predicted molar refractivity (Wildman–Crippen MR) is 387 cm³/mol. The molecular formula is C65H85Cl2N27O11. The summed E-state index contributed by atoms with van der Waals surface area (Å²) in [6.07, 6.45) is 20.5. The summed E-state index contributed by atoms with van der Waals surface area (Å²) in [7, 11) is 0. The lowest BCUT2D eigenvalue weighted by atomic mass is 10.0. The van der Waals surface area contributed by atoms with E-state index >= 15 is 0 Å². The number of aliphatic hydroxyl groups excluding tert-OH is 1. The lowest BCUT2D eigenvalue weighted by Gasteiger charge is -2.32. The van der Waals surface area contributed by atoms with Gasteiger partial charge in [0.05, 0.1) is 58.6 Å². The Bertz CT molecular complexity index is 4390. The molecule has 6 saturated heterocycles. The van der Waals surface area contributed by atoms with Gasteiger partial charge in [-0.25, -0.2) is 59.8 Å². The summed E-state index contributed by atoms with van der Waals surface area (Å²) < 4.78 is 31.8. The highest BCUT2D eigenvalue weighted by Crippen LogP contribution is 2.36. The summed E-state index contributed by atoms with van der Waals surface area (Å²) in [6.45, 7) is 13.9. The number of rotatable bonds is 14. The zero-order valence-electron chi connectivity index (χ0n) is 57.4. The van der Waals surface area contributed by atoms with Crippen LogP contribution in [0.25, 0.3) is 67.3 Å². The number of esters is 2. The van der Waals surface area contributed by atoms with Crippen LogP contribution in [-0.2, 0) is 47.7 Å². The molecule has 0 aromatic carbocycles. The summed E-state index contributed by atoms with van der Waals surface area (Å²) in [4.78, 5) is 133. The second kappa shape index (κ2) is 36.4. The fraction of sp³-hybridized carbons (Fsp3) is 0.508. The number of halogens is 2. The molecule has 0 radical (unpaired) electrons. The monoisotopic (exact) mass is 1490 g/mol. The van der Waals surface area contributed by atoms with Gasteiger partial charge in [0, 0.05) is 151 Å². The molecular weight excluding hydrogens is 1410 g/mol. The molecule has 0 spiro atoms. The van der Waals surface area contributed by atoms with Gasteiger partial charge in [-0.3, -0.25) is 24.0 Å². The van der Waals surface area contributed by atoms with Crippen molar-refractivity contribution in [2.45, 2.75) is 77.9 Å². The van der Waals surface area contributed by atoms with Crippen LogP contribution in [0.4, 0.5) is 35.7 Å². The molecule has 0 saturated carbocycles. The number of nitrogens with one attached hydrogen (secondary N) is 1. The predicted octanol–water partition coefficient (Wildman–Crippen LogP) is 2.29. The summed E-state index contributed by atoms with van der Waals surface area (Å²) in [5.41, 5.74) is 25.7. The molecule has 15 rings (SSSR count). The Morgan fingerprint density at radius 1 is 0.467 bits per heavy atom. The smallest absolute Gasteiger partial charge is 0.303 e. The second-order valence-corrected chi connectivity index (χ2v) is 25.1. The number of aliphatic hydroxyl groups is 1. The molecule has 6 fully saturated rings.